The van der Waals surface area contributed by atoms with Crippen molar-refractivity contribution < 1.29 is 22.7 Å². The Bertz CT molecular complexity index is 843. The van der Waals surface area contributed by atoms with Crippen molar-refractivity contribution in [1.29, 1.82) is 0 Å². The highest BCUT2D eigenvalue weighted by Gasteiger charge is 2.37. The molecule has 0 saturated carbocycles. The van der Waals surface area contributed by atoms with Crippen LogP contribution >= 0.6 is 0 Å². The van der Waals surface area contributed by atoms with Crippen molar-refractivity contribution in [3.05, 3.63) is 28.8 Å². The molecule has 0 aromatic heterocycles. The van der Waals surface area contributed by atoms with Crippen LogP contribution in [-0.4, -0.2) is 49.5 Å². The van der Waals surface area contributed by atoms with Crippen LogP contribution in [0.2, 0.25) is 0 Å². The lowest BCUT2D eigenvalue weighted by atomic mass is 10.0. The standard InChI is InChI=1S/C22H34N2O5S/c1-5-13-30(27,28)24-11-7-6-9-19(24)22(26)29-12-8-10-20(25)23-21-17(3)14-16(2)15-18(21)4/h14-15,19H,5-13H2,1-4H3,(H,23,25). The Kier molecular flexibility index (Phi) is 8.85. The Balaban J connectivity index is 1.83. The smallest absolute Gasteiger partial charge is 0.324 e. The van der Waals surface area contributed by atoms with E-state index in [1.807, 2.05) is 32.9 Å². The molecular formula is C22H34N2O5S. The molecular weight excluding hydrogens is 404 g/mol. The summed E-state index contributed by atoms with van der Waals surface area (Å²) >= 11 is 0. The Labute approximate surface area is 180 Å². The molecule has 1 unspecified atom stereocenters. The highest BCUT2D eigenvalue weighted by molar-refractivity contribution is 7.89. The quantitative estimate of drug-likeness (QED) is 0.471. The zero-order valence-corrected chi connectivity index (χ0v) is 19.3. The number of esters is 1. The third-order valence-electron chi connectivity index (χ3n) is 5.28. The number of sulfonamides is 1. The van der Waals surface area contributed by atoms with E-state index in [0.717, 1.165) is 35.2 Å². The van der Waals surface area contributed by atoms with Crippen molar-refractivity contribution in [3.63, 3.8) is 0 Å². The Hall–Kier alpha value is -1.93. The zero-order valence-electron chi connectivity index (χ0n) is 18.5. The summed E-state index contributed by atoms with van der Waals surface area (Å²) in [6.45, 7) is 8.19. The topological polar surface area (TPSA) is 92.8 Å². The molecule has 30 heavy (non-hydrogen) atoms. The van der Waals surface area contributed by atoms with Crippen molar-refractivity contribution in [2.45, 2.75) is 72.3 Å². The van der Waals surface area contributed by atoms with Gasteiger partial charge in [0.2, 0.25) is 15.9 Å². The number of nitrogens with one attached hydrogen (secondary N) is 1. The molecule has 1 aliphatic heterocycles. The number of rotatable bonds is 9. The van der Waals surface area contributed by atoms with Gasteiger partial charge in [0.15, 0.2) is 0 Å². The average molecular weight is 439 g/mol. The molecule has 0 aliphatic carbocycles. The molecule has 0 bridgehead atoms. The normalized spacial score (nSPS) is 17.5. The molecule has 1 aromatic carbocycles. The molecule has 1 N–H and O–H groups in total. The van der Waals surface area contributed by atoms with Crippen molar-refractivity contribution in [2.75, 3.05) is 24.2 Å². The number of benzene rings is 1. The van der Waals surface area contributed by atoms with E-state index in [9.17, 15) is 18.0 Å². The summed E-state index contributed by atoms with van der Waals surface area (Å²) in [6, 6.07) is 3.29. The first-order chi connectivity index (χ1) is 14.2. The minimum atomic E-state index is -3.45. The molecule has 1 heterocycles. The second kappa shape index (κ2) is 10.9. The van der Waals surface area contributed by atoms with E-state index >= 15 is 0 Å². The number of carbonyl (C=O) groups is 2. The van der Waals surface area contributed by atoms with Gasteiger partial charge in [-0.2, -0.15) is 4.31 Å². The summed E-state index contributed by atoms with van der Waals surface area (Å²) in [5.41, 5.74) is 3.99. The van der Waals surface area contributed by atoms with Crippen LogP contribution in [-0.2, 0) is 24.3 Å². The van der Waals surface area contributed by atoms with E-state index in [0.29, 0.717) is 25.8 Å². The summed E-state index contributed by atoms with van der Waals surface area (Å²) in [7, 11) is -3.45. The van der Waals surface area contributed by atoms with Gasteiger partial charge in [-0.3, -0.25) is 9.59 Å². The monoisotopic (exact) mass is 438 g/mol. The first-order valence-electron chi connectivity index (χ1n) is 10.7. The zero-order chi connectivity index (χ0) is 22.3. The summed E-state index contributed by atoms with van der Waals surface area (Å²) < 4.78 is 31.5. The number of hydrogen-bond donors (Lipinski definition) is 1. The number of hydrogen-bond acceptors (Lipinski definition) is 5. The van der Waals surface area contributed by atoms with Crippen molar-refractivity contribution >= 4 is 27.6 Å². The maximum atomic E-state index is 12.5. The second-order valence-corrected chi connectivity index (χ2v) is 10.1. The number of nitrogens with zero attached hydrogens (tertiary/aromatic N) is 1. The summed E-state index contributed by atoms with van der Waals surface area (Å²) in [5, 5.41) is 2.93. The fraction of sp³-hybridized carbons (Fsp3) is 0.636. The summed E-state index contributed by atoms with van der Waals surface area (Å²) in [5.74, 6) is -0.611. The van der Waals surface area contributed by atoms with Crippen LogP contribution in [0.15, 0.2) is 12.1 Å². The van der Waals surface area contributed by atoms with Crippen molar-refractivity contribution in [2.24, 2.45) is 0 Å². The molecule has 2 rings (SSSR count). The number of ether oxygens (including phenoxy) is 1. The molecule has 1 fully saturated rings. The summed E-state index contributed by atoms with van der Waals surface area (Å²) in [6.07, 6.45) is 3.16. The van der Waals surface area contributed by atoms with Gasteiger partial charge < -0.3 is 10.1 Å². The number of carbonyl (C=O) groups excluding carboxylic acids is 2. The van der Waals surface area contributed by atoms with E-state index < -0.39 is 22.0 Å². The minimum Gasteiger partial charge on any atom is -0.464 e. The van der Waals surface area contributed by atoms with E-state index in [4.69, 9.17) is 4.74 Å². The molecule has 1 aromatic rings. The Morgan fingerprint density at radius 2 is 1.83 bits per heavy atom. The van der Waals surface area contributed by atoms with Gasteiger partial charge in [-0.1, -0.05) is 24.6 Å². The molecule has 7 nitrogen and oxygen atoms in total. The van der Waals surface area contributed by atoms with Crippen LogP contribution < -0.4 is 5.32 Å². The minimum absolute atomic E-state index is 0.0365. The average Bonchev–Trinajstić information content (AvgIpc) is 2.68. The third-order valence-corrected chi connectivity index (χ3v) is 7.35. The molecule has 168 valence electrons. The third kappa shape index (κ3) is 6.54. The highest BCUT2D eigenvalue weighted by atomic mass is 32.2. The molecule has 1 atom stereocenters. The van der Waals surface area contributed by atoms with Gasteiger partial charge in [0.25, 0.3) is 0 Å². The first-order valence-corrected chi connectivity index (χ1v) is 12.3. The fourth-order valence-corrected chi connectivity index (χ4v) is 5.67. The Morgan fingerprint density at radius 1 is 1.17 bits per heavy atom. The number of amides is 1. The van der Waals surface area contributed by atoms with Gasteiger partial charge >= 0.3 is 5.97 Å². The lowest BCUT2D eigenvalue weighted by molar-refractivity contribution is -0.149. The van der Waals surface area contributed by atoms with Crippen molar-refractivity contribution in [3.8, 4) is 0 Å². The van der Waals surface area contributed by atoms with Crippen LogP contribution in [0.5, 0.6) is 0 Å². The van der Waals surface area contributed by atoms with Gasteiger partial charge in [0.05, 0.1) is 12.4 Å². The van der Waals surface area contributed by atoms with E-state index in [-0.39, 0.29) is 24.7 Å². The molecule has 8 heteroatoms. The maximum absolute atomic E-state index is 12.5. The SMILES string of the molecule is CCCS(=O)(=O)N1CCCCC1C(=O)OCCCC(=O)Nc1c(C)cc(C)cc1C. The first kappa shape index (κ1) is 24.3. The fourth-order valence-electron chi connectivity index (χ4n) is 3.93. The van der Waals surface area contributed by atoms with E-state index in [1.165, 1.54) is 4.31 Å². The lowest BCUT2D eigenvalue weighted by Crippen LogP contribution is -2.49. The van der Waals surface area contributed by atoms with Crippen LogP contribution in [0.4, 0.5) is 5.69 Å². The maximum Gasteiger partial charge on any atom is 0.324 e. The van der Waals surface area contributed by atoms with Crippen molar-refractivity contribution in [1.82, 2.24) is 4.31 Å². The molecule has 1 amide bonds. The van der Waals surface area contributed by atoms with Gasteiger partial charge in [-0.05, 0) is 64.0 Å². The predicted molar refractivity (Wildman–Crippen MR) is 118 cm³/mol. The van der Waals surface area contributed by atoms with Crippen LogP contribution in [0.25, 0.3) is 0 Å². The molecule has 1 saturated heterocycles. The van der Waals surface area contributed by atoms with Crippen LogP contribution in [0.1, 0.15) is 62.1 Å². The molecule has 0 radical (unpaired) electrons. The van der Waals surface area contributed by atoms with Gasteiger partial charge in [-0.25, -0.2) is 8.42 Å². The van der Waals surface area contributed by atoms with Gasteiger partial charge in [0.1, 0.15) is 6.04 Å². The number of anilines is 1. The van der Waals surface area contributed by atoms with Crippen LogP contribution in [0.3, 0.4) is 0 Å². The molecule has 0 spiro atoms. The number of aryl methyl sites for hydroxylation is 3. The van der Waals surface area contributed by atoms with Gasteiger partial charge in [-0.15, -0.1) is 0 Å². The lowest BCUT2D eigenvalue weighted by Gasteiger charge is -2.32. The summed E-state index contributed by atoms with van der Waals surface area (Å²) in [4.78, 5) is 24.8. The van der Waals surface area contributed by atoms with E-state index in [1.54, 1.807) is 6.92 Å². The van der Waals surface area contributed by atoms with Crippen LogP contribution in [0, 0.1) is 20.8 Å². The Morgan fingerprint density at radius 3 is 2.47 bits per heavy atom. The second-order valence-electron chi connectivity index (χ2n) is 8.03. The van der Waals surface area contributed by atoms with Gasteiger partial charge in [0, 0.05) is 18.7 Å². The van der Waals surface area contributed by atoms with E-state index in [2.05, 4.69) is 5.32 Å². The predicted octanol–water partition coefficient (Wildman–Crippen LogP) is 3.47. The highest BCUT2D eigenvalue weighted by Crippen LogP contribution is 2.23. The number of piperidine rings is 1. The largest absolute Gasteiger partial charge is 0.464 e. The molecule has 1 aliphatic rings.